The maximum absolute atomic E-state index is 12.5. The van der Waals surface area contributed by atoms with Gasteiger partial charge in [-0.1, -0.05) is 24.5 Å². The summed E-state index contributed by atoms with van der Waals surface area (Å²) in [4.78, 5) is 26.6. The minimum Gasteiger partial charge on any atom is -0.346 e. The summed E-state index contributed by atoms with van der Waals surface area (Å²) in [5.41, 5.74) is 0.337. The van der Waals surface area contributed by atoms with Crippen molar-refractivity contribution in [3.63, 3.8) is 0 Å². The average Bonchev–Trinajstić information content (AvgIpc) is 3.24. The number of amides is 2. The van der Waals surface area contributed by atoms with Crippen molar-refractivity contribution in [2.75, 3.05) is 13.1 Å². The second-order valence-electron chi connectivity index (χ2n) is 6.54. The summed E-state index contributed by atoms with van der Waals surface area (Å²) < 4.78 is 1.63. The zero-order chi connectivity index (χ0) is 16.2. The molecule has 1 unspecified atom stereocenters. The lowest BCUT2D eigenvalue weighted by Crippen LogP contribution is -2.40. The van der Waals surface area contributed by atoms with Gasteiger partial charge in [0.05, 0.1) is 6.20 Å². The van der Waals surface area contributed by atoms with E-state index in [-0.39, 0.29) is 23.8 Å². The lowest BCUT2D eigenvalue weighted by atomic mass is 9.88. The molecule has 2 amide bonds. The van der Waals surface area contributed by atoms with Crippen LogP contribution in [-0.4, -0.2) is 50.8 Å². The van der Waals surface area contributed by atoms with Crippen molar-refractivity contribution in [1.29, 1.82) is 0 Å². The molecule has 1 aromatic rings. The molecule has 1 aliphatic heterocycles. The molecule has 1 atom stereocenters. The van der Waals surface area contributed by atoms with Gasteiger partial charge in [0.25, 0.3) is 5.91 Å². The van der Waals surface area contributed by atoms with Crippen LogP contribution < -0.4 is 5.32 Å². The summed E-state index contributed by atoms with van der Waals surface area (Å²) in [6.45, 7) is 3.99. The molecule has 0 spiro atoms. The van der Waals surface area contributed by atoms with Crippen molar-refractivity contribution in [2.45, 2.75) is 58.0 Å². The van der Waals surface area contributed by atoms with Crippen LogP contribution in [0.4, 0.5) is 0 Å². The van der Waals surface area contributed by atoms with Crippen molar-refractivity contribution >= 4 is 11.8 Å². The van der Waals surface area contributed by atoms with Crippen LogP contribution in [0, 0.1) is 5.92 Å². The molecular formula is C16H25N5O2. The first-order valence-electron chi connectivity index (χ1n) is 8.67. The van der Waals surface area contributed by atoms with Crippen LogP contribution in [0.15, 0.2) is 6.20 Å². The Labute approximate surface area is 136 Å². The quantitative estimate of drug-likeness (QED) is 0.904. The number of likely N-dealkylation sites (tertiary alicyclic amines) is 1. The predicted octanol–water partition coefficient (Wildman–Crippen LogP) is 1.21. The van der Waals surface area contributed by atoms with E-state index in [0.29, 0.717) is 18.8 Å². The molecule has 0 bridgehead atoms. The standard InChI is InChI=1S/C16H25N5O2/c1-2-21-11-14(18-19-21)15(22)17-13-8-9-20(10-13)16(23)12-6-4-3-5-7-12/h11-13H,2-10H2,1H3,(H,17,22). The summed E-state index contributed by atoms with van der Waals surface area (Å²) in [6, 6.07) is 0.0156. The largest absolute Gasteiger partial charge is 0.346 e. The van der Waals surface area contributed by atoms with E-state index in [1.807, 2.05) is 11.8 Å². The first-order chi connectivity index (χ1) is 11.2. The van der Waals surface area contributed by atoms with Gasteiger partial charge in [0.2, 0.25) is 5.91 Å². The maximum atomic E-state index is 12.5. The number of aromatic nitrogens is 3. The first-order valence-corrected chi connectivity index (χ1v) is 8.67. The molecule has 1 aliphatic carbocycles. The molecule has 2 aliphatic rings. The van der Waals surface area contributed by atoms with Gasteiger partial charge in [0, 0.05) is 31.6 Å². The van der Waals surface area contributed by atoms with Crippen molar-refractivity contribution in [1.82, 2.24) is 25.2 Å². The van der Waals surface area contributed by atoms with Crippen LogP contribution in [0.3, 0.4) is 0 Å². The number of carbonyl (C=O) groups excluding carboxylic acids is 2. The van der Waals surface area contributed by atoms with Crippen LogP contribution in [0.25, 0.3) is 0 Å². The normalized spacial score (nSPS) is 22.3. The topological polar surface area (TPSA) is 80.1 Å². The number of carbonyl (C=O) groups is 2. The van der Waals surface area contributed by atoms with E-state index in [1.54, 1.807) is 10.9 Å². The Balaban J connectivity index is 1.51. The summed E-state index contributed by atoms with van der Waals surface area (Å²) in [5, 5.41) is 10.7. The Morgan fingerprint density at radius 1 is 1.26 bits per heavy atom. The van der Waals surface area contributed by atoms with E-state index in [2.05, 4.69) is 15.6 Å². The van der Waals surface area contributed by atoms with E-state index >= 15 is 0 Å². The first kappa shape index (κ1) is 16.0. The molecule has 0 aromatic carbocycles. The Hall–Kier alpha value is -1.92. The molecule has 0 radical (unpaired) electrons. The van der Waals surface area contributed by atoms with Gasteiger partial charge < -0.3 is 10.2 Å². The van der Waals surface area contributed by atoms with E-state index in [4.69, 9.17) is 0 Å². The fourth-order valence-corrected chi connectivity index (χ4v) is 3.50. The molecule has 1 N–H and O–H groups in total. The van der Waals surface area contributed by atoms with Crippen molar-refractivity contribution < 1.29 is 9.59 Å². The number of hydrogen-bond acceptors (Lipinski definition) is 4. The summed E-state index contributed by atoms with van der Waals surface area (Å²) in [5.74, 6) is 0.266. The second kappa shape index (κ2) is 7.10. The molecule has 126 valence electrons. The van der Waals surface area contributed by atoms with Crippen LogP contribution in [0.2, 0.25) is 0 Å². The molecular weight excluding hydrogens is 294 g/mol. The highest BCUT2D eigenvalue weighted by molar-refractivity contribution is 5.92. The van der Waals surface area contributed by atoms with Crippen LogP contribution in [0.5, 0.6) is 0 Å². The second-order valence-corrected chi connectivity index (χ2v) is 6.54. The molecule has 7 nitrogen and oxygen atoms in total. The monoisotopic (exact) mass is 319 g/mol. The maximum Gasteiger partial charge on any atom is 0.273 e. The zero-order valence-corrected chi connectivity index (χ0v) is 13.7. The predicted molar refractivity (Wildman–Crippen MR) is 84.7 cm³/mol. The lowest BCUT2D eigenvalue weighted by Gasteiger charge is -2.26. The molecule has 2 heterocycles. The number of nitrogens with zero attached hydrogens (tertiary/aromatic N) is 4. The van der Waals surface area contributed by atoms with Gasteiger partial charge >= 0.3 is 0 Å². The number of hydrogen-bond donors (Lipinski definition) is 1. The van der Waals surface area contributed by atoms with Gasteiger partial charge in [-0.25, -0.2) is 0 Å². The summed E-state index contributed by atoms with van der Waals surface area (Å²) in [7, 11) is 0. The highest BCUT2D eigenvalue weighted by atomic mass is 16.2. The lowest BCUT2D eigenvalue weighted by molar-refractivity contribution is -0.135. The van der Waals surface area contributed by atoms with E-state index in [1.165, 1.54) is 6.42 Å². The van der Waals surface area contributed by atoms with E-state index < -0.39 is 0 Å². The van der Waals surface area contributed by atoms with Crippen LogP contribution in [-0.2, 0) is 11.3 Å². The van der Waals surface area contributed by atoms with E-state index in [9.17, 15) is 9.59 Å². The van der Waals surface area contributed by atoms with Gasteiger partial charge in [-0.05, 0) is 26.2 Å². The zero-order valence-electron chi connectivity index (χ0n) is 13.7. The van der Waals surface area contributed by atoms with Crippen LogP contribution in [0.1, 0.15) is 55.9 Å². The van der Waals surface area contributed by atoms with Gasteiger partial charge in [0.1, 0.15) is 0 Å². The van der Waals surface area contributed by atoms with Crippen molar-refractivity contribution in [3.05, 3.63) is 11.9 Å². The van der Waals surface area contributed by atoms with E-state index in [0.717, 1.165) is 38.6 Å². The number of nitrogens with one attached hydrogen (secondary N) is 1. The fourth-order valence-electron chi connectivity index (χ4n) is 3.50. The minimum absolute atomic E-state index is 0.0156. The third-order valence-corrected chi connectivity index (χ3v) is 4.88. The van der Waals surface area contributed by atoms with Gasteiger partial charge in [-0.15, -0.1) is 5.10 Å². The molecule has 1 aromatic heterocycles. The summed E-state index contributed by atoms with van der Waals surface area (Å²) >= 11 is 0. The van der Waals surface area contributed by atoms with Gasteiger partial charge in [0.15, 0.2) is 5.69 Å². The smallest absolute Gasteiger partial charge is 0.273 e. The molecule has 3 rings (SSSR count). The summed E-state index contributed by atoms with van der Waals surface area (Å²) in [6.07, 6.45) is 8.08. The Morgan fingerprint density at radius 2 is 2.04 bits per heavy atom. The van der Waals surface area contributed by atoms with Crippen LogP contribution >= 0.6 is 0 Å². The van der Waals surface area contributed by atoms with Crippen molar-refractivity contribution in [3.8, 4) is 0 Å². The Bertz CT molecular complexity index is 565. The number of rotatable bonds is 4. The minimum atomic E-state index is -0.207. The molecule has 2 fully saturated rings. The Morgan fingerprint density at radius 3 is 2.74 bits per heavy atom. The van der Waals surface area contributed by atoms with Crippen molar-refractivity contribution in [2.24, 2.45) is 5.92 Å². The number of aryl methyl sites for hydroxylation is 1. The highest BCUT2D eigenvalue weighted by Gasteiger charge is 2.32. The third kappa shape index (κ3) is 3.71. The fraction of sp³-hybridized carbons (Fsp3) is 0.750. The molecule has 7 heteroatoms. The third-order valence-electron chi connectivity index (χ3n) is 4.88. The average molecular weight is 319 g/mol. The SMILES string of the molecule is CCn1cc(C(=O)NC2CCN(C(=O)C3CCCCC3)C2)nn1. The Kier molecular flexibility index (Phi) is 4.93. The molecule has 23 heavy (non-hydrogen) atoms. The van der Waals surface area contributed by atoms with Gasteiger partial charge in [-0.2, -0.15) is 0 Å². The molecule has 1 saturated heterocycles. The molecule has 1 saturated carbocycles. The highest BCUT2D eigenvalue weighted by Crippen LogP contribution is 2.26. The van der Waals surface area contributed by atoms with Gasteiger partial charge in [-0.3, -0.25) is 14.3 Å².